The van der Waals surface area contributed by atoms with E-state index >= 15 is 0 Å². The molecule has 0 spiro atoms. The summed E-state index contributed by atoms with van der Waals surface area (Å²) in [5, 5.41) is 14.1. The Morgan fingerprint density at radius 3 is 2.49 bits per heavy atom. The summed E-state index contributed by atoms with van der Waals surface area (Å²) in [4.78, 5) is 30.6. The lowest BCUT2D eigenvalue weighted by Gasteiger charge is -2.35. The van der Waals surface area contributed by atoms with Crippen molar-refractivity contribution in [1.29, 1.82) is 0 Å². The van der Waals surface area contributed by atoms with Gasteiger partial charge in [-0.25, -0.2) is 4.98 Å². The van der Waals surface area contributed by atoms with E-state index < -0.39 is 22.4 Å². The van der Waals surface area contributed by atoms with E-state index in [1.165, 1.54) is 6.07 Å². The van der Waals surface area contributed by atoms with Crippen LogP contribution in [-0.2, 0) is 20.4 Å². The van der Waals surface area contributed by atoms with Crippen molar-refractivity contribution in [2.45, 2.75) is 44.0 Å². The number of carbonyl (C=O) groups excluding carboxylic acids is 1. The average Bonchev–Trinajstić information content (AvgIpc) is 2.96. The SMILES string of the molecule is COCCOCC(=O)N1CCN(c2cc(O[C@H]3CC[C@H](Nc4ccc([N+](=O)[O-])c(C(F)(F)F)c4)CC3)ccn2)CC1. The Morgan fingerprint density at radius 2 is 1.83 bits per heavy atom. The van der Waals surface area contributed by atoms with E-state index in [1.54, 1.807) is 24.3 Å². The highest BCUT2D eigenvalue weighted by atomic mass is 19.4. The molecule has 1 saturated carbocycles. The monoisotopic (exact) mass is 581 g/mol. The molecule has 0 unspecified atom stereocenters. The molecule has 1 N–H and O–H groups in total. The maximum absolute atomic E-state index is 13.3. The zero-order valence-electron chi connectivity index (χ0n) is 22.8. The van der Waals surface area contributed by atoms with Crippen molar-refractivity contribution >= 4 is 23.1 Å². The average molecular weight is 582 g/mol. The van der Waals surface area contributed by atoms with Crippen LogP contribution in [0.25, 0.3) is 0 Å². The fourth-order valence-electron chi connectivity index (χ4n) is 4.99. The van der Waals surface area contributed by atoms with E-state index in [-0.39, 0.29) is 30.3 Å². The van der Waals surface area contributed by atoms with Gasteiger partial charge >= 0.3 is 6.18 Å². The molecule has 0 atom stereocenters. The topological polar surface area (TPSA) is 119 Å². The van der Waals surface area contributed by atoms with Crippen molar-refractivity contribution in [3.63, 3.8) is 0 Å². The van der Waals surface area contributed by atoms with Crippen molar-refractivity contribution in [1.82, 2.24) is 9.88 Å². The standard InChI is InChI=1S/C27H34F3N5O6/c1-39-14-15-40-18-26(36)34-12-10-33(11-13-34)25-17-22(8-9-31-25)41-21-5-2-19(3-6-21)32-20-4-7-24(35(37)38)23(16-20)27(28,29)30/h4,7-9,16-17,19,21,32H,2-3,5-6,10-15,18H2,1H3/t19-,21-. The summed E-state index contributed by atoms with van der Waals surface area (Å²) in [7, 11) is 1.58. The van der Waals surface area contributed by atoms with Gasteiger partial charge in [0.25, 0.3) is 5.69 Å². The van der Waals surface area contributed by atoms with E-state index in [9.17, 15) is 28.1 Å². The van der Waals surface area contributed by atoms with Gasteiger partial charge in [0.05, 0.1) is 24.2 Å². The summed E-state index contributed by atoms with van der Waals surface area (Å²) < 4.78 is 56.4. The maximum Gasteiger partial charge on any atom is 0.423 e. The molecular formula is C27H34F3N5O6. The summed E-state index contributed by atoms with van der Waals surface area (Å²) in [5.74, 6) is 1.40. The maximum atomic E-state index is 13.3. The lowest BCUT2D eigenvalue weighted by Crippen LogP contribution is -2.50. The molecule has 14 heteroatoms. The second-order valence-electron chi connectivity index (χ2n) is 9.99. The smallest absolute Gasteiger partial charge is 0.423 e. The molecule has 4 rings (SSSR count). The van der Waals surface area contributed by atoms with Gasteiger partial charge in [0.15, 0.2) is 0 Å². The minimum absolute atomic E-state index is 0.0329. The molecule has 0 bridgehead atoms. The lowest BCUT2D eigenvalue weighted by molar-refractivity contribution is -0.388. The molecule has 0 radical (unpaired) electrons. The second-order valence-corrected chi connectivity index (χ2v) is 9.99. The number of aromatic nitrogens is 1. The van der Waals surface area contributed by atoms with Crippen LogP contribution in [0.3, 0.4) is 0 Å². The number of halogens is 3. The predicted molar refractivity (Wildman–Crippen MR) is 144 cm³/mol. The minimum Gasteiger partial charge on any atom is -0.490 e. The van der Waals surface area contributed by atoms with E-state index in [0.717, 1.165) is 18.0 Å². The second kappa shape index (κ2) is 13.8. The van der Waals surface area contributed by atoms with Crippen LogP contribution in [0, 0.1) is 10.1 Å². The molecule has 11 nitrogen and oxygen atoms in total. The highest BCUT2D eigenvalue weighted by molar-refractivity contribution is 5.77. The van der Waals surface area contributed by atoms with Crippen LogP contribution in [-0.4, -0.2) is 86.0 Å². The zero-order valence-corrected chi connectivity index (χ0v) is 22.8. The van der Waals surface area contributed by atoms with Gasteiger partial charge in [0.1, 0.15) is 23.7 Å². The van der Waals surface area contributed by atoms with Gasteiger partial charge < -0.3 is 29.3 Å². The Morgan fingerprint density at radius 1 is 1.10 bits per heavy atom. The molecule has 224 valence electrons. The summed E-state index contributed by atoms with van der Waals surface area (Å²) in [6.45, 7) is 3.25. The van der Waals surface area contributed by atoms with E-state index in [0.29, 0.717) is 70.8 Å². The van der Waals surface area contributed by atoms with Crippen molar-refractivity contribution in [3.05, 3.63) is 52.2 Å². The van der Waals surface area contributed by atoms with Gasteiger partial charge in [-0.2, -0.15) is 13.2 Å². The number of nitrogens with zero attached hydrogens (tertiary/aromatic N) is 4. The third-order valence-electron chi connectivity index (χ3n) is 7.18. The van der Waals surface area contributed by atoms with Gasteiger partial charge in [-0.3, -0.25) is 14.9 Å². The van der Waals surface area contributed by atoms with Gasteiger partial charge in [0, 0.05) is 63.3 Å². The molecule has 1 aliphatic heterocycles. The third kappa shape index (κ3) is 8.43. The van der Waals surface area contributed by atoms with E-state index in [1.807, 2.05) is 6.07 Å². The van der Waals surface area contributed by atoms with Crippen molar-refractivity contribution in [3.8, 4) is 5.75 Å². The number of alkyl halides is 3. The highest BCUT2D eigenvalue weighted by Crippen LogP contribution is 2.38. The lowest BCUT2D eigenvalue weighted by atomic mass is 9.92. The first-order valence-electron chi connectivity index (χ1n) is 13.5. The Kier molecular flexibility index (Phi) is 10.2. The number of hydrogen-bond acceptors (Lipinski definition) is 9. The number of nitro groups is 1. The molecule has 2 aliphatic rings. The van der Waals surface area contributed by atoms with Crippen LogP contribution in [0.4, 0.5) is 30.4 Å². The number of hydrogen-bond donors (Lipinski definition) is 1. The summed E-state index contributed by atoms with van der Waals surface area (Å²) in [5.41, 5.74) is -2.03. The number of benzene rings is 1. The van der Waals surface area contributed by atoms with Gasteiger partial charge in [-0.15, -0.1) is 0 Å². The molecule has 1 saturated heterocycles. The zero-order chi connectivity index (χ0) is 29.4. The number of nitro benzene ring substituents is 1. The molecule has 2 aromatic rings. The highest BCUT2D eigenvalue weighted by Gasteiger charge is 2.38. The van der Waals surface area contributed by atoms with Crippen LogP contribution < -0.4 is 15.0 Å². The van der Waals surface area contributed by atoms with Gasteiger partial charge in [0.2, 0.25) is 5.91 Å². The molecule has 41 heavy (non-hydrogen) atoms. The molecule has 1 amide bonds. The fourth-order valence-corrected chi connectivity index (χ4v) is 4.99. The number of ether oxygens (including phenoxy) is 3. The van der Waals surface area contributed by atoms with Crippen LogP contribution in [0.5, 0.6) is 5.75 Å². The number of carbonyl (C=O) groups is 1. The first-order chi connectivity index (χ1) is 19.6. The number of nitrogens with one attached hydrogen (secondary N) is 1. The van der Waals surface area contributed by atoms with Crippen LogP contribution in [0.2, 0.25) is 0 Å². The van der Waals surface area contributed by atoms with Crippen molar-refractivity contribution in [2.75, 3.05) is 63.3 Å². The Labute approximate surface area is 235 Å². The van der Waals surface area contributed by atoms with Crippen molar-refractivity contribution in [2.24, 2.45) is 0 Å². The molecule has 2 heterocycles. The Bertz CT molecular complexity index is 1180. The van der Waals surface area contributed by atoms with Crippen LogP contribution >= 0.6 is 0 Å². The first-order valence-corrected chi connectivity index (χ1v) is 13.5. The number of amides is 1. The fraction of sp³-hybridized carbons (Fsp3) is 0.556. The minimum atomic E-state index is -4.82. The molecule has 1 aromatic heterocycles. The largest absolute Gasteiger partial charge is 0.490 e. The van der Waals surface area contributed by atoms with Gasteiger partial charge in [-0.1, -0.05) is 0 Å². The number of piperazine rings is 1. The number of methoxy groups -OCH3 is 1. The normalized spacial score (nSPS) is 19.6. The molecule has 2 fully saturated rings. The summed E-state index contributed by atoms with van der Waals surface area (Å²) in [6.07, 6.45) is -0.453. The van der Waals surface area contributed by atoms with Crippen molar-refractivity contribution < 1.29 is 37.1 Å². The first kappa shape index (κ1) is 30.3. The molecular weight excluding hydrogens is 547 g/mol. The molecule has 1 aliphatic carbocycles. The Hall–Kier alpha value is -3.65. The summed E-state index contributed by atoms with van der Waals surface area (Å²) >= 11 is 0. The summed E-state index contributed by atoms with van der Waals surface area (Å²) in [6, 6.07) is 6.59. The molecule has 1 aromatic carbocycles. The van der Waals surface area contributed by atoms with E-state index in [2.05, 4.69) is 15.2 Å². The Balaban J connectivity index is 1.24. The predicted octanol–water partition coefficient (Wildman–Crippen LogP) is 4.12. The van der Waals surface area contributed by atoms with Gasteiger partial charge in [-0.05, 0) is 43.9 Å². The number of anilines is 2. The third-order valence-corrected chi connectivity index (χ3v) is 7.18. The quantitative estimate of drug-likeness (QED) is 0.237. The van der Waals surface area contributed by atoms with E-state index in [4.69, 9.17) is 14.2 Å². The number of rotatable bonds is 11. The van der Waals surface area contributed by atoms with Crippen LogP contribution in [0.1, 0.15) is 31.2 Å². The number of pyridine rings is 1. The van der Waals surface area contributed by atoms with Crippen LogP contribution in [0.15, 0.2) is 36.5 Å².